The lowest BCUT2D eigenvalue weighted by Gasteiger charge is -2.32. The fourth-order valence-corrected chi connectivity index (χ4v) is 3.48. The minimum atomic E-state index is -0.271. The van der Waals surface area contributed by atoms with Crippen LogP contribution < -0.4 is 10.1 Å². The molecule has 3 nitrogen and oxygen atoms in total. The van der Waals surface area contributed by atoms with E-state index in [1.54, 1.807) is 0 Å². The van der Waals surface area contributed by atoms with E-state index in [2.05, 4.69) is 25.2 Å². The van der Waals surface area contributed by atoms with Gasteiger partial charge in [-0.25, -0.2) is 0 Å². The smallest absolute Gasteiger partial charge is 0.182 e. The summed E-state index contributed by atoms with van der Waals surface area (Å²) in [5.74, 6) is 0.994. The predicted octanol–water partition coefficient (Wildman–Crippen LogP) is 3.98. The predicted molar refractivity (Wildman–Crippen MR) is 90.7 cm³/mol. The average Bonchev–Trinajstić information content (AvgIpc) is 2.81. The molecule has 2 atom stereocenters. The van der Waals surface area contributed by atoms with Crippen molar-refractivity contribution in [1.82, 2.24) is 0 Å². The van der Waals surface area contributed by atoms with Crippen LogP contribution in [0.3, 0.4) is 0 Å². The number of rotatable bonds is 2. The molecule has 0 fully saturated rings. The number of ketones is 1. The minimum Gasteiger partial charge on any atom is -0.488 e. The molecule has 2 aromatic rings. The number of para-hydroxylation sites is 1. The molecule has 1 N–H and O–H groups in total. The summed E-state index contributed by atoms with van der Waals surface area (Å²) in [6.07, 6.45) is 2.32. The van der Waals surface area contributed by atoms with Crippen LogP contribution in [0.1, 0.15) is 24.5 Å². The maximum absolute atomic E-state index is 12.5. The summed E-state index contributed by atoms with van der Waals surface area (Å²) in [5, 5.41) is 3.27. The van der Waals surface area contributed by atoms with Gasteiger partial charge in [0.2, 0.25) is 0 Å². The third kappa shape index (κ3) is 2.24. The zero-order chi connectivity index (χ0) is 16.0. The molecule has 2 aromatic carbocycles. The van der Waals surface area contributed by atoms with Crippen LogP contribution in [0.4, 0.5) is 5.69 Å². The number of nitrogens with one attached hydrogen (secondary N) is 1. The summed E-state index contributed by atoms with van der Waals surface area (Å²) in [4.78, 5) is 12.5. The molecule has 1 aliphatic carbocycles. The number of carbonyl (C=O) groups is 1. The number of Topliss-reactive ketones (excluding diaryl/α,β-unsaturated/α-hetero) is 1. The van der Waals surface area contributed by atoms with E-state index in [1.165, 1.54) is 11.1 Å². The fraction of sp³-hybridized carbons (Fsp3) is 0.250. The van der Waals surface area contributed by atoms with Gasteiger partial charge in [-0.3, -0.25) is 4.79 Å². The maximum atomic E-state index is 12.5. The van der Waals surface area contributed by atoms with Gasteiger partial charge in [0.05, 0.1) is 17.5 Å². The first-order valence-electron chi connectivity index (χ1n) is 7.92. The molecule has 0 radical (unpaired) electrons. The fourth-order valence-electron chi connectivity index (χ4n) is 3.48. The highest BCUT2D eigenvalue weighted by Crippen LogP contribution is 2.48. The Morgan fingerprint density at radius 1 is 1.17 bits per heavy atom. The molecule has 23 heavy (non-hydrogen) atoms. The topological polar surface area (TPSA) is 38.3 Å². The molecule has 1 aliphatic heterocycles. The number of hydrogen-bond acceptors (Lipinski definition) is 3. The molecule has 116 valence electrons. The van der Waals surface area contributed by atoms with Crippen LogP contribution in [0, 0.1) is 6.92 Å². The molecule has 4 rings (SSSR count). The third-order valence-corrected chi connectivity index (χ3v) is 4.82. The Labute approximate surface area is 136 Å². The van der Waals surface area contributed by atoms with Gasteiger partial charge in [-0.1, -0.05) is 35.9 Å². The number of ether oxygens (including phenoxy) is 1. The lowest BCUT2D eigenvalue weighted by Crippen LogP contribution is -2.41. The van der Waals surface area contributed by atoms with E-state index >= 15 is 0 Å². The van der Waals surface area contributed by atoms with Crippen LogP contribution in [-0.4, -0.2) is 11.9 Å². The lowest BCUT2D eigenvalue weighted by molar-refractivity contribution is -0.118. The van der Waals surface area contributed by atoms with Crippen LogP contribution in [0.5, 0.6) is 5.75 Å². The Kier molecular flexibility index (Phi) is 3.05. The largest absolute Gasteiger partial charge is 0.488 e. The monoisotopic (exact) mass is 305 g/mol. The van der Waals surface area contributed by atoms with Crippen LogP contribution >= 0.6 is 0 Å². The highest BCUT2D eigenvalue weighted by atomic mass is 16.5. The minimum absolute atomic E-state index is 0.0980. The van der Waals surface area contributed by atoms with Gasteiger partial charge in [0, 0.05) is 11.3 Å². The Hall–Kier alpha value is -2.55. The zero-order valence-electron chi connectivity index (χ0n) is 13.3. The molecule has 1 heterocycles. The Morgan fingerprint density at radius 3 is 2.74 bits per heavy atom. The first-order chi connectivity index (χ1) is 11.1. The van der Waals surface area contributed by atoms with Crippen molar-refractivity contribution in [3.8, 4) is 5.75 Å². The van der Waals surface area contributed by atoms with Crippen LogP contribution in [-0.2, 0) is 10.2 Å². The summed E-state index contributed by atoms with van der Waals surface area (Å²) >= 11 is 0. The van der Waals surface area contributed by atoms with Gasteiger partial charge in [-0.15, -0.1) is 0 Å². The van der Waals surface area contributed by atoms with Gasteiger partial charge in [0.15, 0.2) is 5.78 Å². The second-order valence-corrected chi connectivity index (χ2v) is 6.57. The molecule has 0 unspecified atom stereocenters. The first kappa shape index (κ1) is 14.1. The molecule has 0 spiro atoms. The molecule has 0 aromatic heterocycles. The molecular weight excluding hydrogens is 286 g/mol. The molecule has 0 amide bonds. The van der Waals surface area contributed by atoms with E-state index in [1.807, 2.05) is 48.5 Å². The SMILES string of the molecule is Cc1ccc2c(c1)[C@]1(C)C=C(Nc3ccccc3)C(=O)C[C@@H]1O2. The van der Waals surface area contributed by atoms with Crippen molar-refractivity contribution in [2.75, 3.05) is 5.32 Å². The van der Waals surface area contributed by atoms with E-state index < -0.39 is 0 Å². The summed E-state index contributed by atoms with van der Waals surface area (Å²) in [7, 11) is 0. The summed E-state index contributed by atoms with van der Waals surface area (Å²) in [5.41, 5.74) is 3.69. The van der Waals surface area contributed by atoms with Gasteiger partial charge in [0.1, 0.15) is 11.9 Å². The van der Waals surface area contributed by atoms with Crippen molar-refractivity contribution in [2.24, 2.45) is 0 Å². The zero-order valence-corrected chi connectivity index (χ0v) is 13.3. The Balaban J connectivity index is 1.76. The molecular formula is C20H19NO2. The lowest BCUT2D eigenvalue weighted by atomic mass is 9.73. The number of aryl methyl sites for hydroxylation is 1. The number of allylic oxidation sites excluding steroid dienone is 1. The Morgan fingerprint density at radius 2 is 1.96 bits per heavy atom. The van der Waals surface area contributed by atoms with E-state index in [0.717, 1.165) is 11.4 Å². The summed E-state index contributed by atoms with van der Waals surface area (Å²) in [6, 6.07) is 16.0. The van der Waals surface area contributed by atoms with Gasteiger partial charge >= 0.3 is 0 Å². The number of benzene rings is 2. The number of fused-ring (bicyclic) bond motifs is 3. The van der Waals surface area contributed by atoms with Crippen LogP contribution in [0.2, 0.25) is 0 Å². The van der Waals surface area contributed by atoms with Crippen molar-refractivity contribution in [3.05, 3.63) is 71.4 Å². The second kappa shape index (κ2) is 4.98. The molecule has 2 aliphatic rings. The standard InChI is InChI=1S/C20H19NO2/c1-13-8-9-18-15(10-13)20(2)12-16(17(22)11-19(20)23-18)21-14-6-4-3-5-7-14/h3-10,12,19,21H,11H2,1-2H3/t19-,20-/m0/s1. The summed E-state index contributed by atoms with van der Waals surface area (Å²) < 4.78 is 6.04. The maximum Gasteiger partial charge on any atom is 0.182 e. The molecule has 0 bridgehead atoms. The summed E-state index contributed by atoms with van der Waals surface area (Å²) in [6.45, 7) is 4.24. The van der Waals surface area contributed by atoms with Gasteiger partial charge in [-0.05, 0) is 38.1 Å². The third-order valence-electron chi connectivity index (χ3n) is 4.82. The highest BCUT2D eigenvalue weighted by Gasteiger charge is 2.48. The highest BCUT2D eigenvalue weighted by molar-refractivity contribution is 6.00. The first-order valence-corrected chi connectivity index (χ1v) is 7.92. The van der Waals surface area contributed by atoms with Gasteiger partial charge in [-0.2, -0.15) is 0 Å². The van der Waals surface area contributed by atoms with Crippen LogP contribution in [0.15, 0.2) is 60.3 Å². The molecule has 0 saturated carbocycles. The van der Waals surface area contributed by atoms with Crippen molar-refractivity contribution in [3.63, 3.8) is 0 Å². The molecule has 3 heteroatoms. The quantitative estimate of drug-likeness (QED) is 0.912. The van der Waals surface area contributed by atoms with Crippen molar-refractivity contribution < 1.29 is 9.53 Å². The van der Waals surface area contributed by atoms with Crippen molar-refractivity contribution in [1.29, 1.82) is 0 Å². The van der Waals surface area contributed by atoms with Gasteiger partial charge < -0.3 is 10.1 Å². The van der Waals surface area contributed by atoms with E-state index in [-0.39, 0.29) is 17.3 Å². The van der Waals surface area contributed by atoms with Crippen molar-refractivity contribution >= 4 is 11.5 Å². The average molecular weight is 305 g/mol. The van der Waals surface area contributed by atoms with E-state index in [0.29, 0.717) is 12.1 Å². The van der Waals surface area contributed by atoms with E-state index in [9.17, 15) is 4.79 Å². The molecule has 0 saturated heterocycles. The second-order valence-electron chi connectivity index (χ2n) is 6.57. The number of anilines is 1. The number of hydrogen-bond donors (Lipinski definition) is 1. The normalized spacial score (nSPS) is 25.2. The number of carbonyl (C=O) groups excluding carboxylic acids is 1. The van der Waals surface area contributed by atoms with Crippen LogP contribution in [0.25, 0.3) is 0 Å². The Bertz CT molecular complexity index is 810. The van der Waals surface area contributed by atoms with Gasteiger partial charge in [0.25, 0.3) is 0 Å². The van der Waals surface area contributed by atoms with Crippen molar-refractivity contribution in [2.45, 2.75) is 31.8 Å². The van der Waals surface area contributed by atoms with E-state index in [4.69, 9.17) is 4.74 Å².